The Morgan fingerprint density at radius 3 is 2.77 bits per heavy atom. The molecule has 22 heavy (non-hydrogen) atoms. The highest BCUT2D eigenvalue weighted by Gasteiger charge is 2.10. The zero-order valence-electron chi connectivity index (χ0n) is 12.5. The number of fused-ring (bicyclic) bond motifs is 1. The van der Waals surface area contributed by atoms with Crippen molar-refractivity contribution < 1.29 is 9.18 Å². The molecular weight excluding hydrogens is 279 g/mol. The van der Waals surface area contributed by atoms with Crippen molar-refractivity contribution in [3.63, 3.8) is 0 Å². The van der Waals surface area contributed by atoms with Crippen molar-refractivity contribution in [1.29, 1.82) is 0 Å². The highest BCUT2D eigenvalue weighted by atomic mass is 19.1. The summed E-state index contributed by atoms with van der Waals surface area (Å²) >= 11 is 0. The number of carbonyl (C=O) groups excluding carboxylic acids is 1. The first-order chi connectivity index (χ1) is 10.5. The van der Waals surface area contributed by atoms with Gasteiger partial charge in [0.05, 0.1) is 6.42 Å². The van der Waals surface area contributed by atoms with Crippen LogP contribution in [-0.4, -0.2) is 10.9 Å². The molecule has 3 aromatic rings. The molecule has 1 amide bonds. The summed E-state index contributed by atoms with van der Waals surface area (Å²) in [6, 6.07) is 10.4. The molecular formula is C18H17FN2O. The van der Waals surface area contributed by atoms with Crippen LogP contribution in [0.5, 0.6) is 0 Å². The fourth-order valence-corrected chi connectivity index (χ4v) is 2.63. The van der Waals surface area contributed by atoms with Crippen molar-refractivity contribution in [1.82, 2.24) is 4.98 Å². The molecule has 0 aliphatic carbocycles. The molecule has 2 N–H and O–H groups in total. The van der Waals surface area contributed by atoms with Crippen LogP contribution in [0.25, 0.3) is 10.9 Å². The van der Waals surface area contributed by atoms with Gasteiger partial charge in [0.2, 0.25) is 5.91 Å². The number of benzene rings is 2. The summed E-state index contributed by atoms with van der Waals surface area (Å²) in [5, 5.41) is 3.80. The Kier molecular flexibility index (Phi) is 3.67. The van der Waals surface area contributed by atoms with Crippen LogP contribution in [0.4, 0.5) is 10.1 Å². The number of nitrogens with one attached hydrogen (secondary N) is 2. The molecule has 2 aromatic carbocycles. The SMILES string of the molecule is Cc1ccc(NC(=O)Cc2c[nH]c3cc(F)ccc23)c(C)c1. The normalized spacial score (nSPS) is 10.9. The molecule has 0 radical (unpaired) electrons. The van der Waals surface area contributed by atoms with E-state index >= 15 is 0 Å². The summed E-state index contributed by atoms with van der Waals surface area (Å²) in [4.78, 5) is 15.2. The molecule has 3 nitrogen and oxygen atoms in total. The van der Waals surface area contributed by atoms with Gasteiger partial charge < -0.3 is 10.3 Å². The van der Waals surface area contributed by atoms with Gasteiger partial charge in [-0.05, 0) is 49.2 Å². The third-order valence-electron chi connectivity index (χ3n) is 3.74. The number of aromatic nitrogens is 1. The number of aryl methyl sites for hydroxylation is 2. The van der Waals surface area contributed by atoms with E-state index in [4.69, 9.17) is 0 Å². The largest absolute Gasteiger partial charge is 0.361 e. The molecule has 3 rings (SSSR count). The summed E-state index contributed by atoms with van der Waals surface area (Å²) in [5.74, 6) is -0.377. The van der Waals surface area contributed by atoms with E-state index in [1.807, 2.05) is 32.0 Å². The van der Waals surface area contributed by atoms with Crippen molar-refractivity contribution in [2.75, 3.05) is 5.32 Å². The number of halogens is 1. The predicted molar refractivity (Wildman–Crippen MR) is 86.5 cm³/mol. The Hall–Kier alpha value is -2.62. The van der Waals surface area contributed by atoms with Gasteiger partial charge in [-0.15, -0.1) is 0 Å². The third-order valence-corrected chi connectivity index (χ3v) is 3.74. The van der Waals surface area contributed by atoms with Crippen molar-refractivity contribution in [2.45, 2.75) is 20.3 Å². The van der Waals surface area contributed by atoms with Crippen LogP contribution in [0, 0.1) is 19.7 Å². The minimum Gasteiger partial charge on any atom is -0.361 e. The van der Waals surface area contributed by atoms with E-state index in [2.05, 4.69) is 10.3 Å². The maximum atomic E-state index is 13.2. The number of H-pyrrole nitrogens is 1. The third kappa shape index (κ3) is 2.86. The van der Waals surface area contributed by atoms with Crippen LogP contribution in [0.15, 0.2) is 42.6 Å². The summed E-state index contributed by atoms with van der Waals surface area (Å²) in [7, 11) is 0. The van der Waals surface area contributed by atoms with E-state index in [1.54, 1.807) is 12.3 Å². The average Bonchev–Trinajstić information content (AvgIpc) is 2.84. The molecule has 1 aromatic heterocycles. The molecule has 0 atom stereocenters. The van der Waals surface area contributed by atoms with E-state index in [9.17, 15) is 9.18 Å². The van der Waals surface area contributed by atoms with Gasteiger partial charge in [0.1, 0.15) is 5.82 Å². The van der Waals surface area contributed by atoms with E-state index in [0.29, 0.717) is 5.52 Å². The van der Waals surface area contributed by atoms with Crippen LogP contribution in [0.3, 0.4) is 0 Å². The number of aromatic amines is 1. The van der Waals surface area contributed by atoms with Crippen LogP contribution < -0.4 is 5.32 Å². The lowest BCUT2D eigenvalue weighted by Crippen LogP contribution is -2.15. The molecule has 0 aliphatic heterocycles. The van der Waals surface area contributed by atoms with Crippen molar-refractivity contribution in [3.8, 4) is 0 Å². The molecule has 0 spiro atoms. The predicted octanol–water partition coefficient (Wildman–Crippen LogP) is 4.11. The quantitative estimate of drug-likeness (QED) is 0.750. The standard InChI is InChI=1S/C18H17FN2O/c1-11-3-6-16(12(2)7-11)21-18(22)8-13-10-20-17-9-14(19)4-5-15(13)17/h3-7,9-10,20H,8H2,1-2H3,(H,21,22). The van der Waals surface area contributed by atoms with E-state index < -0.39 is 0 Å². The van der Waals surface area contributed by atoms with Crippen LogP contribution in [-0.2, 0) is 11.2 Å². The lowest BCUT2D eigenvalue weighted by molar-refractivity contribution is -0.115. The highest BCUT2D eigenvalue weighted by Crippen LogP contribution is 2.21. The Morgan fingerprint density at radius 2 is 2.00 bits per heavy atom. The first-order valence-electron chi connectivity index (χ1n) is 7.15. The summed E-state index contributed by atoms with van der Waals surface area (Å²) in [6.07, 6.45) is 2.00. The molecule has 0 bridgehead atoms. The minimum absolute atomic E-state index is 0.0859. The van der Waals surface area contributed by atoms with Gasteiger partial charge in [-0.3, -0.25) is 4.79 Å². The van der Waals surface area contributed by atoms with Gasteiger partial charge >= 0.3 is 0 Å². The van der Waals surface area contributed by atoms with Gasteiger partial charge in [-0.25, -0.2) is 4.39 Å². The summed E-state index contributed by atoms with van der Waals surface area (Å²) in [5.41, 5.74) is 4.58. The second-order valence-corrected chi connectivity index (χ2v) is 5.55. The van der Waals surface area contributed by atoms with Gasteiger partial charge in [-0.2, -0.15) is 0 Å². The molecule has 0 saturated carbocycles. The molecule has 0 saturated heterocycles. The first-order valence-corrected chi connectivity index (χ1v) is 7.15. The molecule has 0 aliphatic rings. The van der Waals surface area contributed by atoms with Crippen molar-refractivity contribution >= 4 is 22.5 Å². The zero-order chi connectivity index (χ0) is 15.7. The Bertz CT molecular complexity index is 851. The second-order valence-electron chi connectivity index (χ2n) is 5.55. The van der Waals surface area contributed by atoms with Gasteiger partial charge in [0, 0.05) is 22.8 Å². The molecule has 0 fully saturated rings. The maximum absolute atomic E-state index is 13.2. The Labute approximate surface area is 128 Å². The summed E-state index contributed by atoms with van der Waals surface area (Å²) in [6.45, 7) is 3.99. The topological polar surface area (TPSA) is 44.9 Å². The van der Waals surface area contributed by atoms with Gasteiger partial charge in [0.25, 0.3) is 0 Å². The second kappa shape index (κ2) is 5.64. The van der Waals surface area contributed by atoms with E-state index in [0.717, 1.165) is 27.8 Å². The maximum Gasteiger partial charge on any atom is 0.228 e. The lowest BCUT2D eigenvalue weighted by atomic mass is 10.1. The number of rotatable bonds is 3. The first kappa shape index (κ1) is 14.3. The average molecular weight is 296 g/mol. The van der Waals surface area contributed by atoms with E-state index in [1.165, 1.54) is 12.1 Å². The van der Waals surface area contributed by atoms with Gasteiger partial charge in [-0.1, -0.05) is 17.7 Å². The molecule has 0 unspecified atom stereocenters. The molecule has 1 heterocycles. The van der Waals surface area contributed by atoms with Crippen LogP contribution in [0.2, 0.25) is 0 Å². The minimum atomic E-state index is -0.291. The van der Waals surface area contributed by atoms with E-state index in [-0.39, 0.29) is 18.1 Å². The zero-order valence-corrected chi connectivity index (χ0v) is 12.5. The highest BCUT2D eigenvalue weighted by molar-refractivity contribution is 5.96. The van der Waals surface area contributed by atoms with Crippen molar-refractivity contribution in [3.05, 3.63) is 65.1 Å². The van der Waals surface area contributed by atoms with Crippen molar-refractivity contribution in [2.24, 2.45) is 0 Å². The Balaban J connectivity index is 1.78. The lowest BCUT2D eigenvalue weighted by Gasteiger charge is -2.09. The number of hydrogen-bond acceptors (Lipinski definition) is 1. The number of hydrogen-bond donors (Lipinski definition) is 2. The number of amides is 1. The fraction of sp³-hybridized carbons (Fsp3) is 0.167. The van der Waals surface area contributed by atoms with Gasteiger partial charge in [0.15, 0.2) is 0 Å². The molecule has 4 heteroatoms. The summed E-state index contributed by atoms with van der Waals surface area (Å²) < 4.78 is 13.2. The van der Waals surface area contributed by atoms with Crippen LogP contribution >= 0.6 is 0 Å². The smallest absolute Gasteiger partial charge is 0.228 e. The fourth-order valence-electron chi connectivity index (χ4n) is 2.63. The monoisotopic (exact) mass is 296 g/mol. The Morgan fingerprint density at radius 1 is 1.18 bits per heavy atom. The molecule has 112 valence electrons. The number of anilines is 1. The number of carbonyl (C=O) groups is 1. The van der Waals surface area contributed by atoms with Crippen LogP contribution in [0.1, 0.15) is 16.7 Å².